The summed E-state index contributed by atoms with van der Waals surface area (Å²) in [7, 11) is 1.51. The first-order valence-corrected chi connectivity index (χ1v) is 12.6. The monoisotopic (exact) mass is 526 g/mol. The lowest BCUT2D eigenvalue weighted by molar-refractivity contribution is -0.114. The van der Waals surface area contributed by atoms with Crippen LogP contribution in [0.2, 0.25) is 5.02 Å². The van der Waals surface area contributed by atoms with E-state index in [1.807, 2.05) is 31.2 Å². The first-order chi connectivity index (χ1) is 17.2. The number of nitrogens with zero attached hydrogens (tertiary/aromatic N) is 3. The Morgan fingerprint density at radius 3 is 2.58 bits per heavy atom. The molecule has 0 unspecified atom stereocenters. The van der Waals surface area contributed by atoms with Gasteiger partial charge in [-0.2, -0.15) is 15.1 Å². The predicted molar refractivity (Wildman–Crippen MR) is 145 cm³/mol. The van der Waals surface area contributed by atoms with Crippen molar-refractivity contribution in [3.05, 3.63) is 58.1 Å². The van der Waals surface area contributed by atoms with Gasteiger partial charge in [0.15, 0.2) is 17.3 Å². The molecule has 0 spiro atoms. The van der Waals surface area contributed by atoms with Crippen LogP contribution < -0.4 is 14.2 Å². The van der Waals surface area contributed by atoms with Crippen molar-refractivity contribution in [2.24, 2.45) is 16.0 Å². The van der Waals surface area contributed by atoms with Crippen LogP contribution in [0.5, 0.6) is 17.2 Å². The maximum absolute atomic E-state index is 12.7. The zero-order chi connectivity index (χ0) is 25.8. The molecule has 2 aliphatic rings. The van der Waals surface area contributed by atoms with Crippen LogP contribution in [-0.4, -0.2) is 47.3 Å². The summed E-state index contributed by atoms with van der Waals surface area (Å²) in [6.07, 6.45) is 2.31. The van der Waals surface area contributed by atoms with Crippen molar-refractivity contribution in [3.63, 3.8) is 0 Å². The SMILES string of the molecule is COc1cc(/C=C2/C(=N)N3N=C(CC(C)C)SC3=NC2=O)cc(Cl)c1OCCOc1ccc(C)cc1. The fourth-order valence-electron chi connectivity index (χ4n) is 3.53. The van der Waals surface area contributed by atoms with E-state index in [0.717, 1.165) is 22.8 Å². The van der Waals surface area contributed by atoms with E-state index in [0.29, 0.717) is 39.8 Å². The normalized spacial score (nSPS) is 16.3. The maximum atomic E-state index is 12.7. The molecule has 2 aromatic rings. The lowest BCUT2D eigenvalue weighted by Gasteiger charge is -2.20. The minimum Gasteiger partial charge on any atom is -0.493 e. The highest BCUT2D eigenvalue weighted by atomic mass is 35.5. The smallest absolute Gasteiger partial charge is 0.283 e. The first-order valence-electron chi connectivity index (χ1n) is 11.4. The number of nitrogens with one attached hydrogen (secondary N) is 1. The van der Waals surface area contributed by atoms with Gasteiger partial charge in [-0.3, -0.25) is 10.2 Å². The number of hydrogen-bond donors (Lipinski definition) is 1. The highest BCUT2D eigenvalue weighted by Gasteiger charge is 2.35. The predicted octanol–water partition coefficient (Wildman–Crippen LogP) is 5.78. The van der Waals surface area contributed by atoms with Crippen LogP contribution in [0.1, 0.15) is 31.4 Å². The van der Waals surface area contributed by atoms with Gasteiger partial charge in [0.1, 0.15) is 24.0 Å². The van der Waals surface area contributed by atoms with Gasteiger partial charge in [0.2, 0.25) is 5.17 Å². The van der Waals surface area contributed by atoms with Gasteiger partial charge in [0.05, 0.1) is 17.7 Å². The number of rotatable bonds is 9. The molecule has 0 aliphatic carbocycles. The summed E-state index contributed by atoms with van der Waals surface area (Å²) in [5.41, 5.74) is 1.85. The van der Waals surface area contributed by atoms with Crippen LogP contribution in [0.25, 0.3) is 6.08 Å². The van der Waals surface area contributed by atoms with E-state index in [1.165, 1.54) is 23.9 Å². The average molecular weight is 527 g/mol. The van der Waals surface area contributed by atoms with E-state index in [-0.39, 0.29) is 18.0 Å². The molecule has 0 fully saturated rings. The molecule has 2 aromatic carbocycles. The van der Waals surface area contributed by atoms with Crippen molar-refractivity contribution in [2.75, 3.05) is 20.3 Å². The van der Waals surface area contributed by atoms with E-state index in [9.17, 15) is 4.79 Å². The molecule has 8 nitrogen and oxygen atoms in total. The summed E-state index contributed by atoms with van der Waals surface area (Å²) < 4.78 is 17.0. The van der Waals surface area contributed by atoms with Gasteiger partial charge in [-0.05, 0) is 60.5 Å². The standard InChI is InChI=1S/C26H27ClN4O4S/c1-15(2)11-22-30-31-24(28)19(25(32)29-26(31)36-22)12-17-13-20(27)23(21(14-17)33-4)35-10-9-34-18-7-5-16(3)6-8-18/h5-8,12-15,28H,9-11H2,1-4H3/b19-12-,28-24?. The molecule has 10 heteroatoms. The second-order valence-electron chi connectivity index (χ2n) is 8.66. The Kier molecular flexibility index (Phi) is 8.01. The van der Waals surface area contributed by atoms with Crippen molar-refractivity contribution in [3.8, 4) is 17.2 Å². The van der Waals surface area contributed by atoms with Gasteiger partial charge < -0.3 is 14.2 Å². The van der Waals surface area contributed by atoms with Gasteiger partial charge in [0.25, 0.3) is 5.91 Å². The molecule has 0 saturated carbocycles. The Morgan fingerprint density at radius 1 is 1.17 bits per heavy atom. The van der Waals surface area contributed by atoms with Crippen LogP contribution in [0, 0.1) is 18.3 Å². The molecule has 0 aromatic heterocycles. The molecular formula is C26H27ClN4O4S. The number of thioether (sulfide) groups is 1. The number of methoxy groups -OCH3 is 1. The summed E-state index contributed by atoms with van der Waals surface area (Å²) in [5, 5.41) is 16.0. The van der Waals surface area contributed by atoms with Crippen LogP contribution in [0.4, 0.5) is 0 Å². The minimum atomic E-state index is -0.497. The van der Waals surface area contributed by atoms with Crippen LogP contribution in [0.3, 0.4) is 0 Å². The Bertz CT molecular complexity index is 1270. The van der Waals surface area contributed by atoms with Crippen molar-refractivity contribution < 1.29 is 19.0 Å². The summed E-state index contributed by atoms with van der Waals surface area (Å²) in [4.78, 5) is 16.8. The molecule has 188 valence electrons. The highest BCUT2D eigenvalue weighted by Crippen LogP contribution is 2.38. The third-order valence-electron chi connectivity index (χ3n) is 5.26. The molecule has 2 heterocycles. The summed E-state index contributed by atoms with van der Waals surface area (Å²) >= 11 is 7.82. The molecule has 0 atom stereocenters. The Labute approximate surface area is 219 Å². The fraction of sp³-hybridized carbons (Fsp3) is 0.308. The number of ether oxygens (including phenoxy) is 3. The van der Waals surface area contributed by atoms with E-state index in [4.69, 9.17) is 31.2 Å². The lowest BCUT2D eigenvalue weighted by Crippen LogP contribution is -2.35. The van der Waals surface area contributed by atoms with Gasteiger partial charge in [-0.15, -0.1) is 0 Å². The molecule has 0 radical (unpaired) electrons. The van der Waals surface area contributed by atoms with E-state index < -0.39 is 5.91 Å². The Hall–Kier alpha value is -3.30. The topological polar surface area (TPSA) is 96.6 Å². The number of hydrazone groups is 1. The van der Waals surface area contributed by atoms with Gasteiger partial charge >= 0.3 is 0 Å². The number of amides is 1. The number of benzene rings is 2. The Morgan fingerprint density at radius 2 is 1.89 bits per heavy atom. The summed E-state index contributed by atoms with van der Waals surface area (Å²) in [6, 6.07) is 11.1. The van der Waals surface area contributed by atoms with Crippen LogP contribution >= 0.6 is 23.4 Å². The van der Waals surface area contributed by atoms with Gasteiger partial charge in [-0.1, -0.05) is 43.1 Å². The number of hydrogen-bond acceptors (Lipinski definition) is 7. The number of carbonyl (C=O) groups is 1. The molecule has 1 N–H and O–H groups in total. The van der Waals surface area contributed by atoms with E-state index in [1.54, 1.807) is 18.2 Å². The molecule has 0 bridgehead atoms. The third-order valence-corrected chi connectivity index (χ3v) is 6.47. The fourth-order valence-corrected chi connectivity index (χ4v) is 4.90. The molecular weight excluding hydrogens is 500 g/mol. The van der Waals surface area contributed by atoms with Crippen molar-refractivity contribution in [1.29, 1.82) is 5.41 Å². The second-order valence-corrected chi connectivity index (χ2v) is 10.1. The summed E-state index contributed by atoms with van der Waals surface area (Å²) in [6.45, 7) is 6.78. The molecule has 0 saturated heterocycles. The molecule has 1 amide bonds. The number of fused-ring (bicyclic) bond motifs is 1. The van der Waals surface area contributed by atoms with Crippen molar-refractivity contribution in [2.45, 2.75) is 27.2 Å². The summed E-state index contributed by atoms with van der Waals surface area (Å²) in [5.74, 6) is 1.41. The number of aliphatic imine (C=N–C) groups is 1. The maximum Gasteiger partial charge on any atom is 0.283 e. The molecule has 36 heavy (non-hydrogen) atoms. The van der Waals surface area contributed by atoms with Gasteiger partial charge in [0, 0.05) is 6.42 Å². The van der Waals surface area contributed by atoms with Crippen LogP contribution in [-0.2, 0) is 4.79 Å². The van der Waals surface area contributed by atoms with Crippen molar-refractivity contribution in [1.82, 2.24) is 5.01 Å². The van der Waals surface area contributed by atoms with Gasteiger partial charge in [-0.25, -0.2) is 0 Å². The number of amidine groups is 2. The first kappa shape index (κ1) is 25.8. The minimum absolute atomic E-state index is 0.0278. The lowest BCUT2D eigenvalue weighted by atomic mass is 10.1. The largest absolute Gasteiger partial charge is 0.493 e. The zero-order valence-electron chi connectivity index (χ0n) is 20.5. The highest BCUT2D eigenvalue weighted by molar-refractivity contribution is 8.26. The zero-order valence-corrected chi connectivity index (χ0v) is 22.1. The number of carbonyl (C=O) groups excluding carboxylic acids is 1. The van der Waals surface area contributed by atoms with E-state index >= 15 is 0 Å². The van der Waals surface area contributed by atoms with Crippen molar-refractivity contribution >= 4 is 51.4 Å². The van der Waals surface area contributed by atoms with Crippen LogP contribution in [0.15, 0.2) is 52.1 Å². The van der Waals surface area contributed by atoms with E-state index in [2.05, 4.69) is 23.9 Å². The quantitative estimate of drug-likeness (QED) is 0.328. The Balaban J connectivity index is 1.48. The number of halogens is 1. The third kappa shape index (κ3) is 5.91. The average Bonchev–Trinajstić information content (AvgIpc) is 3.22. The second kappa shape index (κ2) is 11.2. The number of aryl methyl sites for hydroxylation is 1. The molecule has 4 rings (SSSR count). The molecule has 2 aliphatic heterocycles.